The number of carbonyl (C=O) groups is 2. The van der Waals surface area contributed by atoms with Crippen LogP contribution in [0.3, 0.4) is 0 Å². The second-order valence-electron chi connectivity index (χ2n) is 7.34. The molecule has 0 radical (unpaired) electrons. The number of hydrogen-bond acceptors (Lipinski definition) is 7. The summed E-state index contributed by atoms with van der Waals surface area (Å²) < 4.78 is 5.39. The molecule has 1 aliphatic heterocycles. The molecular formula is C23H24N4O3S. The largest absolute Gasteiger partial charge is 0.460 e. The summed E-state index contributed by atoms with van der Waals surface area (Å²) in [6.45, 7) is 3.11. The number of rotatable bonds is 6. The molecule has 0 saturated carbocycles. The van der Waals surface area contributed by atoms with Crippen molar-refractivity contribution in [1.29, 1.82) is 0 Å². The smallest absolute Gasteiger partial charge is 0.320 e. The van der Waals surface area contributed by atoms with Gasteiger partial charge in [-0.2, -0.15) is 0 Å². The molecule has 8 heteroatoms. The summed E-state index contributed by atoms with van der Waals surface area (Å²) in [7, 11) is 0. The summed E-state index contributed by atoms with van der Waals surface area (Å²) in [4.78, 5) is 37.5. The molecule has 1 aliphatic rings. The van der Waals surface area contributed by atoms with Gasteiger partial charge in [0.15, 0.2) is 0 Å². The topological polar surface area (TPSA) is 75.6 Å². The molecule has 0 bridgehead atoms. The summed E-state index contributed by atoms with van der Waals surface area (Å²) in [5.41, 5.74) is 2.39. The SMILES string of the molecule is O=C(CN1CCCN(C(=O)c2csc(-c3ccncc3)n2)CC1)OCc1ccccc1. The molecule has 0 atom stereocenters. The van der Waals surface area contributed by atoms with E-state index in [1.54, 1.807) is 12.4 Å². The summed E-state index contributed by atoms with van der Waals surface area (Å²) in [6, 6.07) is 13.4. The van der Waals surface area contributed by atoms with Gasteiger partial charge >= 0.3 is 5.97 Å². The minimum absolute atomic E-state index is 0.0648. The van der Waals surface area contributed by atoms with Gasteiger partial charge in [0.05, 0.1) is 6.54 Å². The van der Waals surface area contributed by atoms with E-state index in [-0.39, 0.29) is 25.0 Å². The molecule has 1 aromatic carbocycles. The monoisotopic (exact) mass is 436 g/mol. The van der Waals surface area contributed by atoms with E-state index in [0.29, 0.717) is 25.3 Å². The summed E-state index contributed by atoms with van der Waals surface area (Å²) in [6.07, 6.45) is 4.23. The van der Waals surface area contributed by atoms with Crippen molar-refractivity contribution in [1.82, 2.24) is 19.8 Å². The van der Waals surface area contributed by atoms with Crippen molar-refractivity contribution >= 4 is 23.2 Å². The molecule has 1 fully saturated rings. The van der Waals surface area contributed by atoms with Gasteiger partial charge in [-0.15, -0.1) is 11.3 Å². The van der Waals surface area contributed by atoms with Gasteiger partial charge in [-0.25, -0.2) is 4.98 Å². The van der Waals surface area contributed by atoms with Crippen LogP contribution in [0.4, 0.5) is 0 Å². The van der Waals surface area contributed by atoms with Crippen LogP contribution >= 0.6 is 11.3 Å². The first-order valence-corrected chi connectivity index (χ1v) is 11.1. The van der Waals surface area contributed by atoms with Crippen molar-refractivity contribution in [3.63, 3.8) is 0 Å². The zero-order valence-corrected chi connectivity index (χ0v) is 18.0. The summed E-state index contributed by atoms with van der Waals surface area (Å²) in [5.74, 6) is -0.310. The maximum Gasteiger partial charge on any atom is 0.320 e. The Kier molecular flexibility index (Phi) is 7.01. The number of ether oxygens (including phenoxy) is 1. The van der Waals surface area contributed by atoms with E-state index in [1.807, 2.05) is 57.6 Å². The van der Waals surface area contributed by atoms with E-state index in [9.17, 15) is 9.59 Å². The van der Waals surface area contributed by atoms with Gasteiger partial charge < -0.3 is 9.64 Å². The molecule has 3 heterocycles. The first-order chi connectivity index (χ1) is 15.2. The molecule has 0 N–H and O–H groups in total. The van der Waals surface area contributed by atoms with Crippen LogP contribution in [0.1, 0.15) is 22.5 Å². The van der Waals surface area contributed by atoms with Crippen molar-refractivity contribution in [2.24, 2.45) is 0 Å². The normalized spacial score (nSPS) is 14.8. The fraction of sp³-hybridized carbons (Fsp3) is 0.304. The highest BCUT2D eigenvalue weighted by atomic mass is 32.1. The summed E-state index contributed by atoms with van der Waals surface area (Å²) in [5, 5.41) is 2.62. The van der Waals surface area contributed by atoms with E-state index in [0.717, 1.165) is 29.1 Å². The lowest BCUT2D eigenvalue weighted by Crippen LogP contribution is -2.37. The van der Waals surface area contributed by atoms with Crippen molar-refractivity contribution in [3.8, 4) is 10.6 Å². The van der Waals surface area contributed by atoms with Gasteiger partial charge in [0.25, 0.3) is 5.91 Å². The standard InChI is InChI=1S/C23H24N4O3S/c28-21(30-16-18-5-2-1-3-6-18)15-26-11-4-12-27(14-13-26)23(29)20-17-31-22(25-20)19-7-9-24-10-8-19/h1-3,5-10,17H,4,11-16H2. The van der Waals surface area contributed by atoms with Gasteiger partial charge in [0.1, 0.15) is 17.3 Å². The molecule has 31 heavy (non-hydrogen) atoms. The first-order valence-electron chi connectivity index (χ1n) is 10.3. The number of aromatic nitrogens is 2. The van der Waals surface area contributed by atoms with Gasteiger partial charge in [0.2, 0.25) is 0 Å². The average molecular weight is 437 g/mol. The molecule has 0 spiro atoms. The molecule has 4 rings (SSSR count). The van der Waals surface area contributed by atoms with Crippen molar-refractivity contribution in [2.45, 2.75) is 13.0 Å². The fourth-order valence-electron chi connectivity index (χ4n) is 3.46. The molecule has 0 aliphatic carbocycles. The summed E-state index contributed by atoms with van der Waals surface area (Å²) >= 11 is 1.45. The van der Waals surface area contributed by atoms with Crippen molar-refractivity contribution in [2.75, 3.05) is 32.7 Å². The quantitative estimate of drug-likeness (QED) is 0.553. The number of hydrogen-bond donors (Lipinski definition) is 0. The highest BCUT2D eigenvalue weighted by molar-refractivity contribution is 7.13. The molecule has 0 unspecified atom stereocenters. The third-order valence-electron chi connectivity index (χ3n) is 5.12. The predicted octanol–water partition coefficient (Wildman–Crippen LogP) is 3.10. The predicted molar refractivity (Wildman–Crippen MR) is 119 cm³/mol. The third-order valence-corrected chi connectivity index (χ3v) is 6.01. The van der Waals surface area contributed by atoms with Crippen LogP contribution in [-0.2, 0) is 16.1 Å². The number of carbonyl (C=O) groups excluding carboxylic acids is 2. The number of benzene rings is 1. The van der Waals surface area contributed by atoms with Crippen LogP contribution in [0.2, 0.25) is 0 Å². The second-order valence-corrected chi connectivity index (χ2v) is 8.20. The minimum Gasteiger partial charge on any atom is -0.460 e. The first kappa shape index (κ1) is 21.1. The molecular weight excluding hydrogens is 412 g/mol. The Bertz CT molecular complexity index is 1010. The minimum atomic E-state index is -0.245. The zero-order chi connectivity index (χ0) is 21.5. The number of thiazole rings is 1. The van der Waals surface area contributed by atoms with Crippen LogP contribution in [0, 0.1) is 0 Å². The number of pyridine rings is 1. The van der Waals surface area contributed by atoms with Crippen LogP contribution in [0.25, 0.3) is 10.6 Å². The molecule has 7 nitrogen and oxygen atoms in total. The fourth-order valence-corrected chi connectivity index (χ4v) is 4.26. The highest BCUT2D eigenvalue weighted by Crippen LogP contribution is 2.23. The molecule has 160 valence electrons. The van der Waals surface area contributed by atoms with Crippen LogP contribution in [0.15, 0.2) is 60.2 Å². The Morgan fingerprint density at radius 2 is 1.81 bits per heavy atom. The number of nitrogens with zero attached hydrogens (tertiary/aromatic N) is 4. The molecule has 3 aromatic rings. The van der Waals surface area contributed by atoms with Crippen molar-refractivity contribution in [3.05, 3.63) is 71.5 Å². The Hall–Kier alpha value is -3.10. The lowest BCUT2D eigenvalue weighted by Gasteiger charge is -2.20. The van der Waals surface area contributed by atoms with E-state index in [2.05, 4.69) is 9.97 Å². The second kappa shape index (κ2) is 10.3. The average Bonchev–Trinajstić information content (AvgIpc) is 3.19. The Morgan fingerprint density at radius 3 is 2.61 bits per heavy atom. The molecule has 2 aromatic heterocycles. The molecule has 1 amide bonds. The maximum atomic E-state index is 12.9. The number of esters is 1. The van der Waals surface area contributed by atoms with Crippen LogP contribution < -0.4 is 0 Å². The zero-order valence-electron chi connectivity index (χ0n) is 17.1. The molecule has 1 saturated heterocycles. The Morgan fingerprint density at radius 1 is 1.00 bits per heavy atom. The Labute approximate surface area is 185 Å². The lowest BCUT2D eigenvalue weighted by molar-refractivity contribution is -0.146. The lowest BCUT2D eigenvalue weighted by atomic mass is 10.2. The highest BCUT2D eigenvalue weighted by Gasteiger charge is 2.23. The van der Waals surface area contributed by atoms with E-state index in [1.165, 1.54) is 11.3 Å². The number of amides is 1. The third kappa shape index (κ3) is 5.74. The van der Waals surface area contributed by atoms with E-state index in [4.69, 9.17) is 4.74 Å². The van der Waals surface area contributed by atoms with Gasteiger partial charge in [-0.1, -0.05) is 30.3 Å². The van der Waals surface area contributed by atoms with Crippen molar-refractivity contribution < 1.29 is 14.3 Å². The maximum absolute atomic E-state index is 12.9. The van der Waals surface area contributed by atoms with Gasteiger partial charge in [-0.05, 0) is 24.1 Å². The van der Waals surface area contributed by atoms with E-state index >= 15 is 0 Å². The Balaban J connectivity index is 1.28. The van der Waals surface area contributed by atoms with Crippen LogP contribution in [-0.4, -0.2) is 64.4 Å². The van der Waals surface area contributed by atoms with Gasteiger partial charge in [-0.3, -0.25) is 19.5 Å². The van der Waals surface area contributed by atoms with Crippen LogP contribution in [0.5, 0.6) is 0 Å². The van der Waals surface area contributed by atoms with Gasteiger partial charge in [0, 0.05) is 49.5 Å². The van der Waals surface area contributed by atoms with E-state index < -0.39 is 0 Å².